The number of ether oxygens (including phenoxy) is 2. The van der Waals surface area contributed by atoms with Gasteiger partial charge in [0.25, 0.3) is 0 Å². The molecule has 0 heterocycles. The quantitative estimate of drug-likeness (QED) is 0.0145. The lowest BCUT2D eigenvalue weighted by Crippen LogP contribution is -2.64. The molecule has 1 saturated carbocycles. The Morgan fingerprint density at radius 3 is 1.23 bits per heavy atom. The van der Waals surface area contributed by atoms with Crippen molar-refractivity contribution >= 4 is 19.8 Å². The molecule has 402 valence electrons. The molecule has 0 radical (unpaired) electrons. The monoisotopic (exact) mass is 999 g/mol. The van der Waals surface area contributed by atoms with Crippen LogP contribution in [0.1, 0.15) is 232 Å². The first-order chi connectivity index (χ1) is 33.4. The molecular formula is C55H99O13P. The normalized spacial score (nSPS) is 21.2. The fourth-order valence-corrected chi connectivity index (χ4v) is 9.25. The van der Waals surface area contributed by atoms with Gasteiger partial charge in [-0.05, 0) is 51.4 Å². The molecule has 69 heavy (non-hydrogen) atoms. The molecule has 1 aliphatic carbocycles. The number of rotatable bonds is 46. The number of phosphoric ester groups is 1. The summed E-state index contributed by atoms with van der Waals surface area (Å²) >= 11 is 0. The first-order valence-corrected chi connectivity index (χ1v) is 28.9. The maximum absolute atomic E-state index is 12.9. The number of carbonyl (C=O) groups excluding carboxylic acids is 2. The topological polar surface area (TPSA) is 210 Å². The van der Waals surface area contributed by atoms with Crippen LogP contribution in [0.3, 0.4) is 0 Å². The zero-order valence-electron chi connectivity index (χ0n) is 43.1. The summed E-state index contributed by atoms with van der Waals surface area (Å²) in [7, 11) is -5.14. The molecule has 6 unspecified atom stereocenters. The number of aliphatic hydroxyl groups is 5. The summed E-state index contributed by atoms with van der Waals surface area (Å²) in [6, 6.07) is 0. The van der Waals surface area contributed by atoms with E-state index >= 15 is 0 Å². The van der Waals surface area contributed by atoms with Crippen LogP contribution < -0.4 is 0 Å². The SMILES string of the molecule is CCCCC/C=C/C/C=C/C/C=C/C/C=C/CCCC(=O)OC[C@H](COP(=O)(O)OC1C(O)C(O)C(O)[C@@H](O)C1O)OC(=O)CCCCCCCCCCCCCCCCCCCCCCCCC. The van der Waals surface area contributed by atoms with Gasteiger partial charge in [-0.15, -0.1) is 0 Å². The second kappa shape index (κ2) is 44.5. The van der Waals surface area contributed by atoms with Gasteiger partial charge < -0.3 is 39.9 Å². The second-order valence-corrected chi connectivity index (χ2v) is 20.5. The van der Waals surface area contributed by atoms with E-state index in [2.05, 4.69) is 50.3 Å². The van der Waals surface area contributed by atoms with Gasteiger partial charge in [-0.1, -0.05) is 217 Å². The highest BCUT2D eigenvalue weighted by Crippen LogP contribution is 2.47. The zero-order chi connectivity index (χ0) is 50.6. The van der Waals surface area contributed by atoms with Crippen LogP contribution in [-0.2, 0) is 32.7 Å². The molecule has 0 bridgehead atoms. The van der Waals surface area contributed by atoms with Gasteiger partial charge >= 0.3 is 19.8 Å². The number of hydrogen-bond acceptors (Lipinski definition) is 12. The third-order valence-electron chi connectivity index (χ3n) is 12.7. The molecule has 1 rings (SSSR count). The summed E-state index contributed by atoms with van der Waals surface area (Å²) in [5, 5.41) is 50.3. The minimum Gasteiger partial charge on any atom is -0.462 e. The van der Waals surface area contributed by atoms with Crippen LogP contribution >= 0.6 is 7.82 Å². The van der Waals surface area contributed by atoms with Crippen molar-refractivity contribution in [2.45, 2.75) is 275 Å². The lowest BCUT2D eigenvalue weighted by Gasteiger charge is -2.41. The lowest BCUT2D eigenvalue weighted by molar-refractivity contribution is -0.220. The van der Waals surface area contributed by atoms with Crippen molar-refractivity contribution in [3.05, 3.63) is 48.6 Å². The molecule has 0 saturated heterocycles. The Labute approximate surface area is 418 Å². The van der Waals surface area contributed by atoms with Gasteiger partial charge in [0.15, 0.2) is 6.10 Å². The Bertz CT molecular complexity index is 1390. The van der Waals surface area contributed by atoms with E-state index in [0.29, 0.717) is 19.3 Å². The third kappa shape index (κ3) is 36.4. The Balaban J connectivity index is 2.38. The maximum Gasteiger partial charge on any atom is 0.472 e. The van der Waals surface area contributed by atoms with E-state index in [9.17, 15) is 44.6 Å². The van der Waals surface area contributed by atoms with Crippen LogP contribution in [-0.4, -0.2) is 98.3 Å². The molecule has 13 nitrogen and oxygen atoms in total. The number of allylic oxidation sites excluding steroid dienone is 8. The van der Waals surface area contributed by atoms with Crippen LogP contribution in [0.15, 0.2) is 48.6 Å². The minimum absolute atomic E-state index is 0.0879. The highest BCUT2D eigenvalue weighted by Gasteiger charge is 2.51. The molecule has 0 aliphatic heterocycles. The minimum atomic E-state index is -5.14. The molecule has 0 aromatic rings. The van der Waals surface area contributed by atoms with E-state index < -0.39 is 75.7 Å². The summed E-state index contributed by atoms with van der Waals surface area (Å²) in [5.41, 5.74) is 0. The van der Waals surface area contributed by atoms with E-state index in [1.807, 2.05) is 12.2 Å². The van der Waals surface area contributed by atoms with Crippen LogP contribution in [0, 0.1) is 0 Å². The number of esters is 2. The Hall–Kier alpha value is -2.19. The number of hydrogen-bond donors (Lipinski definition) is 6. The van der Waals surface area contributed by atoms with Crippen molar-refractivity contribution in [3.8, 4) is 0 Å². The van der Waals surface area contributed by atoms with E-state index in [1.54, 1.807) is 0 Å². The van der Waals surface area contributed by atoms with Crippen molar-refractivity contribution in [2.24, 2.45) is 0 Å². The van der Waals surface area contributed by atoms with E-state index in [4.69, 9.17) is 18.5 Å². The van der Waals surface area contributed by atoms with Crippen LogP contribution in [0.5, 0.6) is 0 Å². The third-order valence-corrected chi connectivity index (χ3v) is 13.7. The molecule has 0 amide bonds. The molecule has 0 aromatic heterocycles. The predicted molar refractivity (Wildman–Crippen MR) is 276 cm³/mol. The highest BCUT2D eigenvalue weighted by molar-refractivity contribution is 7.47. The van der Waals surface area contributed by atoms with Crippen LogP contribution in [0.4, 0.5) is 0 Å². The number of unbranched alkanes of at least 4 members (excludes halogenated alkanes) is 26. The molecule has 1 fully saturated rings. The van der Waals surface area contributed by atoms with Gasteiger partial charge in [-0.25, -0.2) is 4.57 Å². The van der Waals surface area contributed by atoms with Crippen molar-refractivity contribution in [2.75, 3.05) is 13.2 Å². The van der Waals surface area contributed by atoms with Crippen molar-refractivity contribution in [1.29, 1.82) is 0 Å². The van der Waals surface area contributed by atoms with E-state index in [1.165, 1.54) is 135 Å². The number of carbonyl (C=O) groups is 2. The largest absolute Gasteiger partial charge is 0.472 e. The van der Waals surface area contributed by atoms with Gasteiger partial charge in [-0.3, -0.25) is 18.6 Å². The molecular weight excluding hydrogens is 900 g/mol. The van der Waals surface area contributed by atoms with E-state index in [0.717, 1.165) is 51.4 Å². The summed E-state index contributed by atoms with van der Waals surface area (Å²) in [4.78, 5) is 35.9. The lowest BCUT2D eigenvalue weighted by atomic mass is 9.85. The average Bonchev–Trinajstić information content (AvgIpc) is 3.33. The van der Waals surface area contributed by atoms with Gasteiger partial charge in [0.2, 0.25) is 0 Å². The Morgan fingerprint density at radius 1 is 0.449 bits per heavy atom. The second-order valence-electron chi connectivity index (χ2n) is 19.1. The summed E-state index contributed by atoms with van der Waals surface area (Å²) < 4.78 is 33.6. The maximum atomic E-state index is 12.9. The van der Waals surface area contributed by atoms with Crippen molar-refractivity contribution < 1.29 is 63.1 Å². The molecule has 8 atom stereocenters. The average molecular weight is 999 g/mol. The van der Waals surface area contributed by atoms with Crippen LogP contribution in [0.25, 0.3) is 0 Å². The smallest absolute Gasteiger partial charge is 0.462 e. The summed E-state index contributed by atoms with van der Waals surface area (Å²) in [5.74, 6) is -1.16. The molecule has 0 spiro atoms. The van der Waals surface area contributed by atoms with Gasteiger partial charge in [0.05, 0.1) is 6.61 Å². The fourth-order valence-electron chi connectivity index (χ4n) is 8.28. The number of aliphatic hydroxyl groups excluding tert-OH is 5. The Kier molecular flexibility index (Phi) is 41.8. The fraction of sp³-hybridized carbons (Fsp3) is 0.818. The van der Waals surface area contributed by atoms with Crippen molar-refractivity contribution in [1.82, 2.24) is 0 Å². The highest BCUT2D eigenvalue weighted by atomic mass is 31.2. The molecule has 1 aliphatic rings. The first-order valence-electron chi connectivity index (χ1n) is 27.4. The molecule has 14 heteroatoms. The first kappa shape index (κ1) is 64.8. The summed E-state index contributed by atoms with van der Waals surface area (Å²) in [6.45, 7) is 3.26. The van der Waals surface area contributed by atoms with Crippen molar-refractivity contribution in [3.63, 3.8) is 0 Å². The summed E-state index contributed by atoms with van der Waals surface area (Å²) in [6.07, 6.45) is 41.7. The molecule has 0 aromatic carbocycles. The van der Waals surface area contributed by atoms with Gasteiger partial charge in [0, 0.05) is 12.8 Å². The van der Waals surface area contributed by atoms with Gasteiger partial charge in [0.1, 0.15) is 43.2 Å². The zero-order valence-corrected chi connectivity index (χ0v) is 44.0. The predicted octanol–water partition coefficient (Wildman–Crippen LogP) is 12.3. The standard InChI is InChI=1S/C55H99O13P/c1-3-5-7-9-11-13-15-17-19-21-22-23-24-25-26-28-30-32-34-36-38-40-42-44-49(57)67-47(46-66-69(63,64)68-55-53(61)51(59)50(58)52(60)54(55)62)45-65-48(56)43-41-39-37-35-33-31-29-27-20-18-16-14-12-10-8-6-4-2/h12,14,18,20,29,31,35,37,47,50-55,58-62H,3-11,13,15-17,19,21-28,30,32-34,36,38-46H2,1-2H3,(H,63,64)/b14-12+,20-18+,31-29+,37-35+/t47-,50?,51-,52?,53?,54?,55?/m1/s1. The van der Waals surface area contributed by atoms with Crippen LogP contribution in [0.2, 0.25) is 0 Å². The molecule has 6 N–H and O–H groups in total. The van der Waals surface area contributed by atoms with Gasteiger partial charge in [-0.2, -0.15) is 0 Å². The van der Waals surface area contributed by atoms with E-state index in [-0.39, 0.29) is 12.8 Å². The number of phosphoric acid groups is 1. The Morgan fingerprint density at radius 2 is 0.797 bits per heavy atom.